The van der Waals surface area contributed by atoms with Crippen LogP contribution < -0.4 is 10.1 Å². The van der Waals surface area contributed by atoms with E-state index >= 15 is 0 Å². The number of ether oxygens (including phenoxy) is 2. The summed E-state index contributed by atoms with van der Waals surface area (Å²) < 4.78 is 52.5. The van der Waals surface area contributed by atoms with Crippen LogP contribution >= 0.6 is 0 Å². The van der Waals surface area contributed by atoms with Crippen molar-refractivity contribution in [2.75, 3.05) is 20.3 Å². The van der Waals surface area contributed by atoms with Crippen molar-refractivity contribution >= 4 is 5.91 Å². The fourth-order valence-corrected chi connectivity index (χ4v) is 4.21. The van der Waals surface area contributed by atoms with Gasteiger partial charge in [-0.2, -0.15) is 0 Å². The van der Waals surface area contributed by atoms with E-state index in [0.717, 1.165) is 5.69 Å². The first-order valence-corrected chi connectivity index (χ1v) is 11.4. The van der Waals surface area contributed by atoms with E-state index in [4.69, 9.17) is 9.47 Å². The van der Waals surface area contributed by atoms with Crippen molar-refractivity contribution in [1.29, 1.82) is 0 Å². The second-order valence-electron chi connectivity index (χ2n) is 9.11. The highest BCUT2D eigenvalue weighted by Crippen LogP contribution is 2.37. The van der Waals surface area contributed by atoms with E-state index in [1.807, 2.05) is 13.8 Å². The molecule has 1 amide bonds. The molecule has 1 aliphatic rings. The summed E-state index contributed by atoms with van der Waals surface area (Å²) >= 11 is 0. The van der Waals surface area contributed by atoms with Crippen LogP contribution in [0.5, 0.6) is 5.75 Å². The predicted molar refractivity (Wildman–Crippen MR) is 126 cm³/mol. The van der Waals surface area contributed by atoms with Gasteiger partial charge >= 0.3 is 0 Å². The van der Waals surface area contributed by atoms with E-state index in [1.165, 1.54) is 12.1 Å². The zero-order valence-corrected chi connectivity index (χ0v) is 19.9. The summed E-state index contributed by atoms with van der Waals surface area (Å²) in [6.45, 7) is 4.51. The molecular formula is C26H28F3N3O3. The monoisotopic (exact) mass is 487 g/mol. The number of benzene rings is 1. The van der Waals surface area contributed by atoms with Gasteiger partial charge in [-0.05, 0) is 42.7 Å². The molecule has 0 bridgehead atoms. The van der Waals surface area contributed by atoms with Gasteiger partial charge in [-0.1, -0.05) is 12.1 Å². The third-order valence-corrected chi connectivity index (χ3v) is 6.19. The van der Waals surface area contributed by atoms with E-state index in [0.29, 0.717) is 46.7 Å². The first-order chi connectivity index (χ1) is 16.7. The van der Waals surface area contributed by atoms with Gasteiger partial charge in [0.25, 0.3) is 5.91 Å². The molecule has 6 nitrogen and oxygen atoms in total. The minimum atomic E-state index is -2.70. The first-order valence-electron chi connectivity index (χ1n) is 11.4. The number of aromatic amines is 1. The Morgan fingerprint density at radius 3 is 2.74 bits per heavy atom. The molecule has 186 valence electrons. The summed E-state index contributed by atoms with van der Waals surface area (Å²) in [7, 11) is 1.60. The lowest BCUT2D eigenvalue weighted by molar-refractivity contribution is -0.0146. The number of hydrogen-bond acceptors (Lipinski definition) is 4. The standard InChI is InChI=1S/C26H28F3N3O3/c1-26(2,34-3)14-35-21-13-30-9-7-16(21)24-18(23-20(32-24)8-10-31-25(23)33)11-15-5-4-6-19(27)17(15)12-22(28)29/h4-7,9,13,22,32H,8,10-12,14H2,1-3H3,(H,31,33). The highest BCUT2D eigenvalue weighted by Gasteiger charge is 2.29. The lowest BCUT2D eigenvalue weighted by Crippen LogP contribution is -2.32. The third-order valence-electron chi connectivity index (χ3n) is 6.19. The Labute approximate surface area is 201 Å². The molecule has 2 N–H and O–H groups in total. The summed E-state index contributed by atoms with van der Waals surface area (Å²) in [6, 6.07) is 6.05. The largest absolute Gasteiger partial charge is 0.488 e. The van der Waals surface area contributed by atoms with Gasteiger partial charge < -0.3 is 19.8 Å². The number of methoxy groups -OCH3 is 1. The molecule has 0 saturated heterocycles. The molecule has 1 aliphatic heterocycles. The predicted octanol–water partition coefficient (Wildman–Crippen LogP) is 4.70. The highest BCUT2D eigenvalue weighted by molar-refractivity contribution is 6.00. The number of H-pyrrole nitrogens is 1. The van der Waals surface area contributed by atoms with Crippen molar-refractivity contribution in [3.63, 3.8) is 0 Å². The van der Waals surface area contributed by atoms with Crippen molar-refractivity contribution in [3.05, 3.63) is 70.4 Å². The highest BCUT2D eigenvalue weighted by atomic mass is 19.3. The van der Waals surface area contributed by atoms with Gasteiger partial charge in [0.2, 0.25) is 6.43 Å². The normalized spacial score (nSPS) is 13.6. The molecule has 2 aromatic heterocycles. The molecule has 0 aliphatic carbocycles. The Bertz CT molecular complexity index is 1220. The first kappa shape index (κ1) is 24.8. The van der Waals surface area contributed by atoms with Gasteiger partial charge in [0.15, 0.2) is 0 Å². The molecule has 0 radical (unpaired) electrons. The summed E-state index contributed by atoms with van der Waals surface area (Å²) in [5.41, 5.74) is 2.89. The zero-order valence-electron chi connectivity index (χ0n) is 19.9. The molecule has 9 heteroatoms. The molecular weight excluding hydrogens is 459 g/mol. The lowest BCUT2D eigenvalue weighted by Gasteiger charge is -2.23. The maximum Gasteiger partial charge on any atom is 0.253 e. The number of alkyl halides is 2. The van der Waals surface area contributed by atoms with Crippen molar-refractivity contribution in [2.24, 2.45) is 0 Å². The third kappa shape index (κ3) is 5.35. The topological polar surface area (TPSA) is 76.2 Å². The van der Waals surface area contributed by atoms with E-state index in [1.54, 1.807) is 31.6 Å². The fraction of sp³-hybridized carbons (Fsp3) is 0.385. The minimum absolute atomic E-state index is 0.0485. The Morgan fingerprint density at radius 1 is 1.20 bits per heavy atom. The second kappa shape index (κ2) is 10.1. The Balaban J connectivity index is 1.83. The van der Waals surface area contributed by atoms with Crippen LogP contribution in [-0.4, -0.2) is 48.2 Å². The lowest BCUT2D eigenvalue weighted by atomic mass is 9.92. The molecule has 3 heterocycles. The number of amides is 1. The Morgan fingerprint density at radius 2 is 2.00 bits per heavy atom. The van der Waals surface area contributed by atoms with Crippen LogP contribution in [0.3, 0.4) is 0 Å². The van der Waals surface area contributed by atoms with Crippen LogP contribution in [-0.2, 0) is 24.0 Å². The van der Waals surface area contributed by atoms with Crippen LogP contribution in [0.1, 0.15) is 46.6 Å². The van der Waals surface area contributed by atoms with Gasteiger partial charge in [0.05, 0.1) is 23.1 Å². The second-order valence-corrected chi connectivity index (χ2v) is 9.11. The molecule has 0 unspecified atom stereocenters. The van der Waals surface area contributed by atoms with Gasteiger partial charge in [0, 0.05) is 50.4 Å². The number of rotatable bonds is 9. The molecule has 3 aromatic rings. The fourth-order valence-electron chi connectivity index (χ4n) is 4.21. The average molecular weight is 488 g/mol. The minimum Gasteiger partial charge on any atom is -0.488 e. The number of hydrogen-bond donors (Lipinski definition) is 2. The van der Waals surface area contributed by atoms with Crippen molar-refractivity contribution in [3.8, 4) is 17.0 Å². The van der Waals surface area contributed by atoms with Crippen LogP contribution in [0.2, 0.25) is 0 Å². The van der Waals surface area contributed by atoms with Gasteiger partial charge in [-0.25, -0.2) is 13.2 Å². The summed E-state index contributed by atoms with van der Waals surface area (Å²) in [4.78, 5) is 20.4. The molecule has 0 fully saturated rings. The van der Waals surface area contributed by atoms with E-state index in [9.17, 15) is 18.0 Å². The molecule has 35 heavy (non-hydrogen) atoms. The number of aromatic nitrogens is 2. The van der Waals surface area contributed by atoms with Crippen molar-refractivity contribution in [1.82, 2.24) is 15.3 Å². The number of carbonyl (C=O) groups excluding carboxylic acids is 1. The SMILES string of the molecule is COC(C)(C)COc1cnccc1-c1[nH]c2c(c1Cc1cccc(F)c1CC(F)F)C(=O)NCC2. The quantitative estimate of drug-likeness (QED) is 0.459. The number of fused-ring (bicyclic) bond motifs is 1. The van der Waals surface area contributed by atoms with E-state index in [-0.39, 0.29) is 24.5 Å². The van der Waals surface area contributed by atoms with Crippen LogP contribution in [0.25, 0.3) is 11.3 Å². The molecule has 1 aromatic carbocycles. The van der Waals surface area contributed by atoms with E-state index in [2.05, 4.69) is 15.3 Å². The molecule has 0 spiro atoms. The Hall–Kier alpha value is -3.33. The molecule has 0 saturated carbocycles. The number of pyridine rings is 1. The maximum absolute atomic E-state index is 14.5. The summed E-state index contributed by atoms with van der Waals surface area (Å²) in [6.07, 6.45) is 0.468. The van der Waals surface area contributed by atoms with Crippen LogP contribution in [0.15, 0.2) is 36.7 Å². The zero-order chi connectivity index (χ0) is 25.2. The Kier molecular flexibility index (Phi) is 7.16. The maximum atomic E-state index is 14.5. The van der Waals surface area contributed by atoms with Crippen molar-refractivity contribution in [2.45, 2.75) is 45.1 Å². The van der Waals surface area contributed by atoms with Crippen LogP contribution in [0.4, 0.5) is 13.2 Å². The van der Waals surface area contributed by atoms with Crippen LogP contribution in [0, 0.1) is 5.82 Å². The number of halogens is 3. The number of carbonyl (C=O) groups is 1. The van der Waals surface area contributed by atoms with Crippen molar-refractivity contribution < 1.29 is 27.4 Å². The van der Waals surface area contributed by atoms with Gasteiger partial charge in [0.1, 0.15) is 18.2 Å². The average Bonchev–Trinajstić information content (AvgIpc) is 3.19. The number of nitrogens with zero attached hydrogens (tertiary/aromatic N) is 1. The van der Waals surface area contributed by atoms with Gasteiger partial charge in [-0.15, -0.1) is 0 Å². The number of nitrogens with one attached hydrogen (secondary N) is 2. The molecule has 4 rings (SSSR count). The van der Waals surface area contributed by atoms with Gasteiger partial charge in [-0.3, -0.25) is 9.78 Å². The van der Waals surface area contributed by atoms with E-state index < -0.39 is 24.3 Å². The smallest absolute Gasteiger partial charge is 0.253 e. The summed E-state index contributed by atoms with van der Waals surface area (Å²) in [5.74, 6) is -0.467. The molecule has 0 atom stereocenters. The summed E-state index contributed by atoms with van der Waals surface area (Å²) in [5, 5.41) is 2.84.